The summed E-state index contributed by atoms with van der Waals surface area (Å²) in [5, 5.41) is 1.18. The third-order valence-corrected chi connectivity index (χ3v) is 3.92. The molecule has 1 aliphatic heterocycles. The maximum absolute atomic E-state index is 5.87. The molecule has 0 spiro atoms. The molecule has 21 heavy (non-hydrogen) atoms. The number of hydrogen-bond donors (Lipinski definition) is 1. The molecule has 0 radical (unpaired) electrons. The smallest absolute Gasteiger partial charge is 0.143 e. The first-order chi connectivity index (χ1) is 9.98. The van der Waals surface area contributed by atoms with Crippen molar-refractivity contribution in [3.05, 3.63) is 18.1 Å². The maximum atomic E-state index is 5.87. The lowest BCUT2D eigenvalue weighted by atomic mass is 10.00. The van der Waals surface area contributed by atoms with Crippen LogP contribution in [0, 0.1) is 5.92 Å². The van der Waals surface area contributed by atoms with Gasteiger partial charge in [0.1, 0.15) is 17.8 Å². The number of nitrogens with zero attached hydrogens (tertiary/aromatic N) is 3. The second-order valence-corrected chi connectivity index (χ2v) is 6.78. The summed E-state index contributed by atoms with van der Waals surface area (Å²) in [5.74, 6) is 1.66. The van der Waals surface area contributed by atoms with Crippen LogP contribution < -0.4 is 4.90 Å². The van der Waals surface area contributed by atoms with E-state index in [1.165, 1.54) is 10.9 Å². The molecule has 1 aliphatic rings. The van der Waals surface area contributed by atoms with Crippen LogP contribution in [0.5, 0.6) is 0 Å². The fourth-order valence-corrected chi connectivity index (χ4v) is 2.74. The quantitative estimate of drug-likeness (QED) is 0.940. The Balaban J connectivity index is 1.71. The molecule has 3 heterocycles. The fourth-order valence-electron chi connectivity index (χ4n) is 2.74. The molecule has 0 unspecified atom stereocenters. The van der Waals surface area contributed by atoms with E-state index in [1.807, 2.05) is 6.20 Å². The van der Waals surface area contributed by atoms with Crippen molar-refractivity contribution in [3.8, 4) is 0 Å². The Bertz CT molecular complexity index is 623. The van der Waals surface area contributed by atoms with Gasteiger partial charge in [0.2, 0.25) is 0 Å². The highest BCUT2D eigenvalue weighted by atomic mass is 16.5. The molecule has 0 saturated carbocycles. The van der Waals surface area contributed by atoms with Crippen LogP contribution in [-0.2, 0) is 11.2 Å². The third kappa shape index (κ3) is 2.88. The molecule has 1 fully saturated rings. The summed E-state index contributed by atoms with van der Waals surface area (Å²) < 4.78 is 5.87. The van der Waals surface area contributed by atoms with Gasteiger partial charge in [-0.1, -0.05) is 6.92 Å². The van der Waals surface area contributed by atoms with Gasteiger partial charge in [-0.2, -0.15) is 0 Å². The predicted molar refractivity (Wildman–Crippen MR) is 84.7 cm³/mol. The van der Waals surface area contributed by atoms with E-state index < -0.39 is 0 Å². The van der Waals surface area contributed by atoms with E-state index >= 15 is 0 Å². The number of hydrogen-bond acceptors (Lipinski definition) is 4. The Morgan fingerprint density at radius 1 is 1.33 bits per heavy atom. The van der Waals surface area contributed by atoms with Crippen molar-refractivity contribution < 1.29 is 4.74 Å². The number of nitrogens with one attached hydrogen (secondary N) is 1. The summed E-state index contributed by atoms with van der Waals surface area (Å²) in [6.45, 7) is 11.3. The van der Waals surface area contributed by atoms with E-state index in [-0.39, 0.29) is 5.60 Å². The molecule has 0 bridgehead atoms. The molecule has 2 aromatic rings. The minimum Gasteiger partial charge on any atom is -0.375 e. The van der Waals surface area contributed by atoms with Crippen LogP contribution in [0.4, 0.5) is 5.82 Å². The van der Waals surface area contributed by atoms with Crippen molar-refractivity contribution in [1.29, 1.82) is 0 Å². The highest BCUT2D eigenvalue weighted by molar-refractivity contribution is 5.91. The second-order valence-electron chi connectivity index (χ2n) is 6.78. The van der Waals surface area contributed by atoms with Gasteiger partial charge in [-0.25, -0.2) is 9.97 Å². The minimum atomic E-state index is -0.0569. The van der Waals surface area contributed by atoms with Gasteiger partial charge < -0.3 is 14.6 Å². The standard InChI is InChI=1S/C16H24N4O/c1-5-12-6-17-14-13(12)15(19-10-18-14)20-7-11(8-20)9-21-16(2,3)4/h6,10-11H,5,7-9H2,1-4H3,(H,17,18,19). The molecule has 0 aromatic carbocycles. The van der Waals surface area contributed by atoms with Crippen LogP contribution >= 0.6 is 0 Å². The molecule has 5 nitrogen and oxygen atoms in total. The SMILES string of the molecule is CCc1c[nH]c2ncnc(N3CC(COC(C)(C)C)C3)c12. The van der Waals surface area contributed by atoms with Crippen molar-refractivity contribution in [1.82, 2.24) is 15.0 Å². The molecule has 0 atom stereocenters. The van der Waals surface area contributed by atoms with Gasteiger partial charge in [0.05, 0.1) is 17.6 Å². The summed E-state index contributed by atoms with van der Waals surface area (Å²) >= 11 is 0. The Hall–Kier alpha value is -1.62. The van der Waals surface area contributed by atoms with Crippen LogP contribution in [0.3, 0.4) is 0 Å². The molecule has 1 saturated heterocycles. The summed E-state index contributed by atoms with van der Waals surface area (Å²) in [6, 6.07) is 0. The summed E-state index contributed by atoms with van der Waals surface area (Å²) in [5.41, 5.74) is 2.17. The lowest BCUT2D eigenvalue weighted by Crippen LogP contribution is -2.50. The second kappa shape index (κ2) is 5.30. The summed E-state index contributed by atoms with van der Waals surface area (Å²) in [6.07, 6.45) is 4.68. The maximum Gasteiger partial charge on any atom is 0.143 e. The first-order valence-corrected chi connectivity index (χ1v) is 7.68. The third-order valence-electron chi connectivity index (χ3n) is 3.92. The number of H-pyrrole nitrogens is 1. The van der Waals surface area contributed by atoms with Gasteiger partial charge in [-0.05, 0) is 32.8 Å². The molecule has 0 amide bonds. The van der Waals surface area contributed by atoms with Crippen molar-refractivity contribution >= 4 is 16.9 Å². The van der Waals surface area contributed by atoms with Gasteiger partial charge in [-0.15, -0.1) is 0 Å². The molecule has 1 N–H and O–H groups in total. The number of aryl methyl sites for hydroxylation is 1. The van der Waals surface area contributed by atoms with Crippen LogP contribution in [0.25, 0.3) is 11.0 Å². The fraction of sp³-hybridized carbons (Fsp3) is 0.625. The zero-order valence-electron chi connectivity index (χ0n) is 13.3. The molecule has 0 aliphatic carbocycles. The van der Waals surface area contributed by atoms with Crippen molar-refractivity contribution in [3.63, 3.8) is 0 Å². The summed E-state index contributed by atoms with van der Waals surface area (Å²) in [4.78, 5) is 14.4. The number of rotatable bonds is 4. The van der Waals surface area contributed by atoms with E-state index in [0.29, 0.717) is 5.92 Å². The Morgan fingerprint density at radius 2 is 2.10 bits per heavy atom. The highest BCUT2D eigenvalue weighted by Gasteiger charge is 2.31. The van der Waals surface area contributed by atoms with E-state index in [9.17, 15) is 0 Å². The normalized spacial score (nSPS) is 16.5. The average molecular weight is 288 g/mol. The largest absolute Gasteiger partial charge is 0.375 e. The summed E-state index contributed by atoms with van der Waals surface area (Å²) in [7, 11) is 0. The zero-order chi connectivity index (χ0) is 15.0. The van der Waals surface area contributed by atoms with Gasteiger partial charge >= 0.3 is 0 Å². The highest BCUT2D eigenvalue weighted by Crippen LogP contribution is 2.31. The van der Waals surface area contributed by atoms with Crippen molar-refractivity contribution in [2.24, 2.45) is 5.92 Å². The lowest BCUT2D eigenvalue weighted by Gasteiger charge is -2.41. The van der Waals surface area contributed by atoms with Gasteiger partial charge in [0.15, 0.2) is 0 Å². The van der Waals surface area contributed by atoms with E-state index in [0.717, 1.165) is 37.6 Å². The zero-order valence-corrected chi connectivity index (χ0v) is 13.3. The molecular formula is C16H24N4O. The van der Waals surface area contributed by atoms with E-state index in [1.54, 1.807) is 6.33 Å². The molecule has 2 aromatic heterocycles. The first-order valence-electron chi connectivity index (χ1n) is 7.68. The Labute approximate surface area is 125 Å². The minimum absolute atomic E-state index is 0.0569. The topological polar surface area (TPSA) is 54.0 Å². The van der Waals surface area contributed by atoms with Gasteiger partial charge in [-0.3, -0.25) is 0 Å². The van der Waals surface area contributed by atoms with Crippen molar-refractivity contribution in [2.45, 2.75) is 39.7 Å². The van der Waals surface area contributed by atoms with Gasteiger partial charge in [0, 0.05) is 25.2 Å². The average Bonchev–Trinajstić information content (AvgIpc) is 2.79. The molecule has 5 heteroatoms. The van der Waals surface area contributed by atoms with Crippen LogP contribution in [0.1, 0.15) is 33.3 Å². The van der Waals surface area contributed by atoms with Gasteiger partial charge in [0.25, 0.3) is 0 Å². The van der Waals surface area contributed by atoms with Crippen LogP contribution in [-0.4, -0.2) is 40.2 Å². The predicted octanol–water partition coefficient (Wildman–Crippen LogP) is 2.77. The Morgan fingerprint density at radius 3 is 2.76 bits per heavy atom. The molecule has 114 valence electrons. The van der Waals surface area contributed by atoms with E-state index in [4.69, 9.17) is 4.74 Å². The first kappa shape index (κ1) is 14.3. The number of anilines is 1. The number of fused-ring (bicyclic) bond motifs is 1. The lowest BCUT2D eigenvalue weighted by molar-refractivity contribution is -0.0265. The van der Waals surface area contributed by atoms with Crippen molar-refractivity contribution in [2.75, 3.05) is 24.6 Å². The van der Waals surface area contributed by atoms with E-state index in [2.05, 4.69) is 47.5 Å². The number of aromatic amines is 1. The van der Waals surface area contributed by atoms with Crippen LogP contribution in [0.2, 0.25) is 0 Å². The monoisotopic (exact) mass is 288 g/mol. The Kier molecular flexibility index (Phi) is 3.61. The number of ether oxygens (including phenoxy) is 1. The molecule has 3 rings (SSSR count). The number of aromatic nitrogens is 3. The van der Waals surface area contributed by atoms with Crippen LogP contribution in [0.15, 0.2) is 12.5 Å². The molecular weight excluding hydrogens is 264 g/mol.